The molecule has 0 saturated heterocycles. The SMILES string of the molecule is Cc1c(N)cccc1S(=O)(=O)NCC1CCCCC1O. The second kappa shape index (κ2) is 6.11. The zero-order chi connectivity index (χ0) is 14.8. The van der Waals surface area contributed by atoms with E-state index in [0.29, 0.717) is 11.3 Å². The largest absolute Gasteiger partial charge is 0.398 e. The summed E-state index contributed by atoms with van der Waals surface area (Å²) in [6.45, 7) is 1.97. The van der Waals surface area contributed by atoms with Crippen molar-refractivity contribution in [3.05, 3.63) is 23.8 Å². The molecule has 4 N–H and O–H groups in total. The van der Waals surface area contributed by atoms with Gasteiger partial charge in [0.05, 0.1) is 11.0 Å². The van der Waals surface area contributed by atoms with Gasteiger partial charge in [-0.05, 0) is 43.4 Å². The molecule has 1 fully saturated rings. The molecule has 1 saturated carbocycles. The molecule has 0 spiro atoms. The molecule has 1 aliphatic rings. The molecular formula is C14H22N2O3S. The lowest BCUT2D eigenvalue weighted by atomic mass is 9.87. The number of hydrogen-bond acceptors (Lipinski definition) is 4. The maximum absolute atomic E-state index is 12.3. The minimum absolute atomic E-state index is 0.000102. The van der Waals surface area contributed by atoms with E-state index in [9.17, 15) is 13.5 Å². The molecule has 0 radical (unpaired) electrons. The summed E-state index contributed by atoms with van der Waals surface area (Å²) in [4.78, 5) is 0.211. The molecule has 0 heterocycles. The molecule has 1 aromatic carbocycles. The second-order valence-corrected chi connectivity index (χ2v) is 7.17. The minimum Gasteiger partial charge on any atom is -0.398 e. The lowest BCUT2D eigenvalue weighted by molar-refractivity contribution is 0.0724. The number of nitrogen functional groups attached to an aromatic ring is 1. The number of aliphatic hydroxyl groups excluding tert-OH is 1. The molecule has 1 aliphatic carbocycles. The van der Waals surface area contributed by atoms with Gasteiger partial charge in [0.15, 0.2) is 0 Å². The molecule has 20 heavy (non-hydrogen) atoms. The summed E-state index contributed by atoms with van der Waals surface area (Å²) < 4.78 is 27.2. The highest BCUT2D eigenvalue weighted by Gasteiger charge is 2.25. The van der Waals surface area contributed by atoms with Gasteiger partial charge in [-0.15, -0.1) is 0 Å². The van der Waals surface area contributed by atoms with Crippen LogP contribution in [0.15, 0.2) is 23.1 Å². The Hall–Kier alpha value is -1.11. The Kier molecular flexibility index (Phi) is 4.67. The summed E-state index contributed by atoms with van der Waals surface area (Å²) in [7, 11) is -3.58. The highest BCUT2D eigenvalue weighted by molar-refractivity contribution is 7.89. The lowest BCUT2D eigenvalue weighted by Crippen LogP contribution is -2.36. The third kappa shape index (κ3) is 3.31. The number of sulfonamides is 1. The van der Waals surface area contributed by atoms with Crippen molar-refractivity contribution in [3.63, 3.8) is 0 Å². The van der Waals surface area contributed by atoms with Crippen LogP contribution in [0.2, 0.25) is 0 Å². The molecule has 0 bridgehead atoms. The normalized spacial score (nSPS) is 23.7. The highest BCUT2D eigenvalue weighted by Crippen LogP contribution is 2.25. The maximum Gasteiger partial charge on any atom is 0.240 e. The molecule has 5 nitrogen and oxygen atoms in total. The Morgan fingerprint density at radius 2 is 2.05 bits per heavy atom. The van der Waals surface area contributed by atoms with Gasteiger partial charge in [-0.1, -0.05) is 18.9 Å². The van der Waals surface area contributed by atoms with Crippen molar-refractivity contribution in [1.82, 2.24) is 4.72 Å². The van der Waals surface area contributed by atoms with E-state index in [-0.39, 0.29) is 17.4 Å². The zero-order valence-electron chi connectivity index (χ0n) is 11.7. The van der Waals surface area contributed by atoms with Gasteiger partial charge in [0.1, 0.15) is 0 Å². The van der Waals surface area contributed by atoms with Crippen LogP contribution in [0, 0.1) is 12.8 Å². The Bertz CT molecular complexity index is 572. The summed E-state index contributed by atoms with van der Waals surface area (Å²) in [5, 5.41) is 9.88. The van der Waals surface area contributed by atoms with Gasteiger partial charge in [0.25, 0.3) is 0 Å². The summed E-state index contributed by atoms with van der Waals surface area (Å²) in [5.74, 6) is -0.000102. The van der Waals surface area contributed by atoms with Crippen molar-refractivity contribution in [2.75, 3.05) is 12.3 Å². The molecule has 0 aromatic heterocycles. The van der Waals surface area contributed by atoms with Crippen LogP contribution in [0.4, 0.5) is 5.69 Å². The minimum atomic E-state index is -3.58. The fourth-order valence-corrected chi connectivity index (χ4v) is 4.01. The first-order valence-electron chi connectivity index (χ1n) is 6.94. The Balaban J connectivity index is 2.09. The van der Waals surface area contributed by atoms with Gasteiger partial charge >= 0.3 is 0 Å². The number of nitrogens with two attached hydrogens (primary N) is 1. The molecule has 0 amide bonds. The first kappa shape index (κ1) is 15.3. The molecule has 112 valence electrons. The van der Waals surface area contributed by atoms with Gasteiger partial charge in [-0.25, -0.2) is 13.1 Å². The standard InChI is InChI=1S/C14H22N2O3S/c1-10-12(15)6-4-8-14(10)20(18,19)16-9-11-5-2-3-7-13(11)17/h4,6,8,11,13,16-17H,2-3,5,7,9,15H2,1H3. The van der Waals surface area contributed by atoms with Crippen LogP contribution >= 0.6 is 0 Å². The first-order chi connectivity index (χ1) is 9.42. The smallest absolute Gasteiger partial charge is 0.240 e. The molecule has 0 aliphatic heterocycles. The third-order valence-corrected chi connectivity index (χ3v) is 5.59. The van der Waals surface area contributed by atoms with Crippen molar-refractivity contribution in [2.24, 2.45) is 5.92 Å². The number of anilines is 1. The molecule has 1 aromatic rings. The van der Waals surface area contributed by atoms with Gasteiger partial charge in [0.2, 0.25) is 10.0 Å². The summed E-state index contributed by atoms with van der Waals surface area (Å²) in [5.41, 5.74) is 6.77. The van der Waals surface area contributed by atoms with Gasteiger partial charge in [0, 0.05) is 12.2 Å². The number of aliphatic hydroxyl groups is 1. The predicted molar refractivity (Wildman–Crippen MR) is 78.7 cm³/mol. The zero-order valence-corrected chi connectivity index (χ0v) is 12.5. The predicted octanol–water partition coefficient (Wildman–Crippen LogP) is 1.41. The fourth-order valence-electron chi connectivity index (χ4n) is 2.64. The van der Waals surface area contributed by atoms with Crippen molar-refractivity contribution in [3.8, 4) is 0 Å². The van der Waals surface area contributed by atoms with Crippen LogP contribution < -0.4 is 10.5 Å². The molecule has 2 rings (SSSR count). The van der Waals surface area contributed by atoms with Crippen LogP contribution in [0.25, 0.3) is 0 Å². The van der Waals surface area contributed by atoms with Crippen molar-refractivity contribution in [1.29, 1.82) is 0 Å². The van der Waals surface area contributed by atoms with Crippen LogP contribution in [0.1, 0.15) is 31.2 Å². The van der Waals surface area contributed by atoms with E-state index in [1.165, 1.54) is 0 Å². The topological polar surface area (TPSA) is 92.4 Å². The summed E-state index contributed by atoms with van der Waals surface area (Å²) in [6, 6.07) is 4.86. The average molecular weight is 298 g/mol. The van der Waals surface area contributed by atoms with Crippen molar-refractivity contribution < 1.29 is 13.5 Å². The van der Waals surface area contributed by atoms with E-state index in [1.807, 2.05) is 0 Å². The first-order valence-corrected chi connectivity index (χ1v) is 8.43. The Morgan fingerprint density at radius 1 is 1.35 bits per heavy atom. The van der Waals surface area contributed by atoms with Crippen LogP contribution in [0.3, 0.4) is 0 Å². The molecule has 6 heteroatoms. The highest BCUT2D eigenvalue weighted by atomic mass is 32.2. The third-order valence-electron chi connectivity index (χ3n) is 4.02. The van der Waals surface area contributed by atoms with Crippen LogP contribution in [-0.2, 0) is 10.0 Å². The fraction of sp³-hybridized carbons (Fsp3) is 0.571. The summed E-state index contributed by atoms with van der Waals surface area (Å²) in [6.07, 6.45) is 3.26. The average Bonchev–Trinajstić information content (AvgIpc) is 2.41. The maximum atomic E-state index is 12.3. The molecule has 2 atom stereocenters. The van der Waals surface area contributed by atoms with Crippen molar-refractivity contribution >= 4 is 15.7 Å². The summed E-state index contributed by atoms with van der Waals surface area (Å²) >= 11 is 0. The number of benzene rings is 1. The van der Waals surface area contributed by atoms with E-state index >= 15 is 0 Å². The van der Waals surface area contributed by atoms with Gasteiger partial charge < -0.3 is 10.8 Å². The number of rotatable bonds is 4. The second-order valence-electron chi connectivity index (χ2n) is 5.43. The lowest BCUT2D eigenvalue weighted by Gasteiger charge is -2.27. The van der Waals surface area contributed by atoms with E-state index in [4.69, 9.17) is 5.73 Å². The van der Waals surface area contributed by atoms with E-state index in [0.717, 1.165) is 25.7 Å². The number of hydrogen-bond donors (Lipinski definition) is 3. The number of nitrogens with one attached hydrogen (secondary N) is 1. The van der Waals surface area contributed by atoms with Crippen LogP contribution in [-0.4, -0.2) is 26.2 Å². The van der Waals surface area contributed by atoms with E-state index < -0.39 is 16.1 Å². The van der Waals surface area contributed by atoms with E-state index in [1.54, 1.807) is 25.1 Å². The molecular weight excluding hydrogens is 276 g/mol. The quantitative estimate of drug-likeness (QED) is 0.733. The Labute approximate surface area is 120 Å². The van der Waals surface area contributed by atoms with Crippen LogP contribution in [0.5, 0.6) is 0 Å². The van der Waals surface area contributed by atoms with Gasteiger partial charge in [-0.2, -0.15) is 0 Å². The Morgan fingerprint density at radius 3 is 2.75 bits per heavy atom. The van der Waals surface area contributed by atoms with Crippen molar-refractivity contribution in [2.45, 2.75) is 43.6 Å². The molecule has 2 unspecified atom stereocenters. The monoisotopic (exact) mass is 298 g/mol. The van der Waals surface area contributed by atoms with E-state index in [2.05, 4.69) is 4.72 Å². The van der Waals surface area contributed by atoms with Gasteiger partial charge in [-0.3, -0.25) is 0 Å².